The molecule has 0 aromatic rings. The summed E-state index contributed by atoms with van der Waals surface area (Å²) in [7, 11) is 8.80. The number of azide groups is 1. The van der Waals surface area contributed by atoms with E-state index in [4.69, 9.17) is 62.4 Å². The second kappa shape index (κ2) is 15.0. The van der Waals surface area contributed by atoms with E-state index < -0.39 is 98.7 Å². The molecular formula is C24H41N3O14. The first-order chi connectivity index (χ1) is 19.9. The molecule has 0 spiro atoms. The van der Waals surface area contributed by atoms with Crippen molar-refractivity contribution in [1.82, 2.24) is 0 Å². The maximum absolute atomic E-state index is 10.6. The summed E-state index contributed by atoms with van der Waals surface area (Å²) in [4.78, 5) is 2.91. The van der Waals surface area contributed by atoms with Gasteiger partial charge in [-0.1, -0.05) is 5.11 Å². The Hall–Kier alpha value is -1.25. The third kappa shape index (κ3) is 6.50. The second-order valence-corrected chi connectivity index (χ2v) is 9.99. The predicted octanol–water partition coefficient (Wildman–Crippen LogP) is -1.28. The Morgan fingerprint density at radius 2 is 1.34 bits per heavy atom. The highest BCUT2D eigenvalue weighted by atomic mass is 16.8. The molecule has 0 aromatic carbocycles. The number of aliphatic hydroxyl groups is 2. The lowest BCUT2D eigenvalue weighted by Crippen LogP contribution is -2.67. The molecule has 2 bridgehead atoms. The third-order valence-corrected chi connectivity index (χ3v) is 7.89. The summed E-state index contributed by atoms with van der Waals surface area (Å²) in [6, 6.07) is -0.791. The summed E-state index contributed by atoms with van der Waals surface area (Å²) in [6.45, 7) is -0.208. The van der Waals surface area contributed by atoms with Crippen LogP contribution in [-0.2, 0) is 56.8 Å². The van der Waals surface area contributed by atoms with Crippen LogP contribution >= 0.6 is 0 Å². The number of rotatable bonds is 13. The lowest BCUT2D eigenvalue weighted by atomic mass is 9.95. The molecule has 0 aromatic heterocycles. The maximum atomic E-state index is 10.6. The molecule has 15 atom stereocenters. The van der Waals surface area contributed by atoms with Crippen molar-refractivity contribution in [3.05, 3.63) is 10.4 Å². The molecule has 236 valence electrons. The fourth-order valence-electron chi connectivity index (χ4n) is 5.92. The van der Waals surface area contributed by atoms with E-state index in [9.17, 15) is 10.2 Å². The molecular weight excluding hydrogens is 554 g/mol. The van der Waals surface area contributed by atoms with Gasteiger partial charge in [-0.05, 0) is 5.53 Å². The Balaban J connectivity index is 1.59. The molecule has 17 heteroatoms. The quantitative estimate of drug-likeness (QED) is 0.145. The Bertz CT molecular complexity index is 869. The molecule has 4 saturated heterocycles. The Labute approximate surface area is 237 Å². The Morgan fingerprint density at radius 1 is 0.756 bits per heavy atom. The molecule has 2 N–H and O–H groups in total. The van der Waals surface area contributed by atoms with Gasteiger partial charge in [0.1, 0.15) is 67.1 Å². The molecule has 4 rings (SSSR count). The van der Waals surface area contributed by atoms with Crippen LogP contribution in [0.25, 0.3) is 10.4 Å². The first kappa shape index (κ1) is 32.7. The van der Waals surface area contributed by atoms with Crippen LogP contribution in [0.1, 0.15) is 0 Å². The van der Waals surface area contributed by atoms with Crippen molar-refractivity contribution in [2.24, 2.45) is 5.11 Å². The molecule has 0 amide bonds. The van der Waals surface area contributed by atoms with Crippen LogP contribution in [-0.4, -0.2) is 165 Å². The van der Waals surface area contributed by atoms with Crippen molar-refractivity contribution in [3.63, 3.8) is 0 Å². The fraction of sp³-hybridized carbons (Fsp3) is 1.00. The molecule has 4 aliphatic heterocycles. The number of fused-ring (bicyclic) bond motifs is 2. The van der Waals surface area contributed by atoms with Gasteiger partial charge in [-0.2, -0.15) is 0 Å². The van der Waals surface area contributed by atoms with E-state index in [0.717, 1.165) is 0 Å². The van der Waals surface area contributed by atoms with Gasteiger partial charge in [-0.15, -0.1) is 0 Å². The van der Waals surface area contributed by atoms with Gasteiger partial charge in [0.05, 0.1) is 25.9 Å². The molecule has 6 unspecified atom stereocenters. The Morgan fingerprint density at radius 3 is 1.90 bits per heavy atom. The molecule has 4 aliphatic rings. The van der Waals surface area contributed by atoms with Crippen molar-refractivity contribution in [2.75, 3.05) is 62.5 Å². The second-order valence-electron chi connectivity index (χ2n) is 9.99. The Kier molecular flexibility index (Phi) is 11.9. The van der Waals surface area contributed by atoms with Gasteiger partial charge in [-0.3, -0.25) is 0 Å². The van der Waals surface area contributed by atoms with E-state index in [1.165, 1.54) is 42.7 Å². The number of hydrogen-bond donors (Lipinski definition) is 2. The van der Waals surface area contributed by atoms with Crippen molar-refractivity contribution in [1.29, 1.82) is 0 Å². The van der Waals surface area contributed by atoms with Crippen LogP contribution in [0, 0.1) is 0 Å². The van der Waals surface area contributed by atoms with Crippen LogP contribution in [0.5, 0.6) is 0 Å². The SMILES string of the molecule is COC[C@@H]1O[C@@H](O[C@H]2C3CO[C@H](O3)[C@@H](N=[N+]=[N-])C2OC)C(OC)C(OC)[C@@H]1O[C@H]1O[C@@H](CO)[C@@H](O)C(OC)C1OC. The van der Waals surface area contributed by atoms with Crippen LogP contribution in [0.4, 0.5) is 0 Å². The summed E-state index contributed by atoms with van der Waals surface area (Å²) < 4.78 is 70.4. The van der Waals surface area contributed by atoms with Crippen molar-refractivity contribution < 1.29 is 67.1 Å². The average molecular weight is 596 g/mol. The van der Waals surface area contributed by atoms with Crippen molar-refractivity contribution in [3.8, 4) is 0 Å². The first-order valence-corrected chi connectivity index (χ1v) is 13.3. The number of methoxy groups -OCH3 is 6. The van der Waals surface area contributed by atoms with E-state index >= 15 is 0 Å². The molecule has 0 saturated carbocycles. The summed E-state index contributed by atoms with van der Waals surface area (Å²) in [5.74, 6) is 0. The van der Waals surface area contributed by atoms with Crippen LogP contribution < -0.4 is 0 Å². The van der Waals surface area contributed by atoms with E-state index in [1.54, 1.807) is 0 Å². The lowest BCUT2D eigenvalue weighted by molar-refractivity contribution is -0.375. The number of nitrogens with zero attached hydrogens (tertiary/aromatic N) is 3. The molecule has 17 nitrogen and oxygen atoms in total. The third-order valence-electron chi connectivity index (χ3n) is 7.89. The monoisotopic (exact) mass is 595 g/mol. The summed E-state index contributed by atoms with van der Waals surface area (Å²) in [6.07, 6.45) is -11.9. The van der Waals surface area contributed by atoms with Crippen LogP contribution in [0.3, 0.4) is 0 Å². The van der Waals surface area contributed by atoms with Crippen molar-refractivity contribution >= 4 is 0 Å². The molecule has 41 heavy (non-hydrogen) atoms. The zero-order valence-electron chi connectivity index (χ0n) is 23.9. The largest absolute Gasteiger partial charge is 0.394 e. The normalized spacial score (nSPS) is 46.3. The first-order valence-electron chi connectivity index (χ1n) is 13.3. The summed E-state index contributed by atoms with van der Waals surface area (Å²) in [5.41, 5.74) is 9.09. The number of aliphatic hydroxyl groups excluding tert-OH is 2. The molecule has 0 radical (unpaired) electrons. The molecule has 4 heterocycles. The van der Waals surface area contributed by atoms with E-state index in [2.05, 4.69) is 10.0 Å². The molecule has 0 aliphatic carbocycles. The van der Waals surface area contributed by atoms with Crippen molar-refractivity contribution in [2.45, 2.75) is 92.1 Å². The van der Waals surface area contributed by atoms with Gasteiger partial charge in [0, 0.05) is 47.6 Å². The number of ether oxygens (including phenoxy) is 12. The van der Waals surface area contributed by atoms with Crippen LogP contribution in [0.15, 0.2) is 5.11 Å². The highest BCUT2D eigenvalue weighted by Crippen LogP contribution is 2.38. The van der Waals surface area contributed by atoms with Gasteiger partial charge in [-0.25, -0.2) is 0 Å². The maximum Gasteiger partial charge on any atom is 0.187 e. The van der Waals surface area contributed by atoms with Crippen LogP contribution in [0.2, 0.25) is 0 Å². The lowest BCUT2D eigenvalue weighted by Gasteiger charge is -2.49. The zero-order chi connectivity index (χ0) is 29.7. The van der Waals surface area contributed by atoms with Gasteiger partial charge < -0.3 is 67.1 Å². The van der Waals surface area contributed by atoms with E-state index in [-0.39, 0.29) is 13.2 Å². The summed E-state index contributed by atoms with van der Waals surface area (Å²) >= 11 is 0. The highest BCUT2D eigenvalue weighted by molar-refractivity contribution is 5.01. The van der Waals surface area contributed by atoms with Gasteiger partial charge in [0.2, 0.25) is 0 Å². The minimum absolute atomic E-state index is 0.0653. The summed E-state index contributed by atoms with van der Waals surface area (Å²) in [5, 5.41) is 24.2. The fourth-order valence-corrected chi connectivity index (χ4v) is 5.92. The number of hydrogen-bond acceptors (Lipinski definition) is 15. The topological polar surface area (TPSA) is 200 Å². The van der Waals surface area contributed by atoms with E-state index in [0.29, 0.717) is 0 Å². The standard InChI is InChI=1S/C24H41N3O14/c1-30-8-11-16(41-23-20(34-5)18(32-3)14(29)10(7-28)37-23)19(33-4)21(35-6)24(39-11)40-15-12-9-36-22(38-12)13(26-27-25)17(15)31-2/h10-24,28-29H,7-9H2,1-6H3/t10-,11-,12?,13-,14+,15-,16+,17?,18?,19?,20?,21?,22+,23+,24-/m0/s1. The van der Waals surface area contributed by atoms with E-state index in [1.807, 2.05) is 0 Å². The minimum atomic E-state index is -1.16. The predicted molar refractivity (Wildman–Crippen MR) is 134 cm³/mol. The highest BCUT2D eigenvalue weighted by Gasteiger charge is 2.56. The van der Waals surface area contributed by atoms with Gasteiger partial charge in [0.15, 0.2) is 18.9 Å². The average Bonchev–Trinajstić information content (AvgIpc) is 3.42. The zero-order valence-corrected chi connectivity index (χ0v) is 23.9. The van der Waals surface area contributed by atoms with Gasteiger partial charge >= 0.3 is 0 Å². The smallest absolute Gasteiger partial charge is 0.187 e. The van der Waals surface area contributed by atoms with Gasteiger partial charge in [0.25, 0.3) is 0 Å². The molecule has 4 fully saturated rings. The minimum Gasteiger partial charge on any atom is -0.394 e.